The Hall–Kier alpha value is -2.11. The number of carbonyl (C=O) groups is 3. The Morgan fingerprint density at radius 3 is 0.725 bits per heavy atom. The van der Waals surface area contributed by atoms with Gasteiger partial charge in [-0.15, -0.1) is 0 Å². The van der Waals surface area contributed by atoms with Crippen molar-refractivity contribution in [1.82, 2.24) is 0 Å². The van der Waals surface area contributed by atoms with Crippen molar-refractivity contribution in [2.75, 3.05) is 13.2 Å². The third-order valence-corrected chi connectivity index (χ3v) is 13.9. The Labute approximate surface area is 430 Å². The van der Waals surface area contributed by atoms with Crippen LogP contribution >= 0.6 is 0 Å². The van der Waals surface area contributed by atoms with E-state index < -0.39 is 6.10 Å². The molecule has 0 fully saturated rings. The molecule has 0 aliphatic heterocycles. The summed E-state index contributed by atoms with van der Waals surface area (Å²) < 4.78 is 16.9. The van der Waals surface area contributed by atoms with Crippen LogP contribution in [0.2, 0.25) is 0 Å². The summed E-state index contributed by atoms with van der Waals surface area (Å²) in [7, 11) is 0. The summed E-state index contributed by atoms with van der Waals surface area (Å²) in [6.07, 6.45) is 68.9. The first kappa shape index (κ1) is 66.9. The van der Waals surface area contributed by atoms with Gasteiger partial charge in [0.1, 0.15) is 13.2 Å². The number of ether oxygens (including phenoxy) is 3. The summed E-state index contributed by atoms with van der Waals surface area (Å²) in [4.78, 5) is 38.2. The van der Waals surface area contributed by atoms with Crippen molar-refractivity contribution in [3.8, 4) is 0 Å². The van der Waals surface area contributed by atoms with Gasteiger partial charge in [-0.1, -0.05) is 276 Å². The minimum Gasteiger partial charge on any atom is -0.462 e. The van der Waals surface area contributed by atoms with Gasteiger partial charge in [0.05, 0.1) is 0 Å². The monoisotopic (exact) mass is 971 g/mol. The highest BCUT2D eigenvalue weighted by molar-refractivity contribution is 5.71. The van der Waals surface area contributed by atoms with Gasteiger partial charge in [-0.05, 0) is 70.6 Å². The SMILES string of the molecule is CCCCCCCC/C=C\CCCCCCCCCC(=O)OC(COC(=O)CCCCCCC/C=C\CCCCCCCC)COC(=O)CCCCCCCCCCCCCCCCCCCCC. The predicted molar refractivity (Wildman–Crippen MR) is 298 cm³/mol. The molecular formula is C63H118O6. The Balaban J connectivity index is 4.32. The number of hydrogen-bond acceptors (Lipinski definition) is 6. The highest BCUT2D eigenvalue weighted by Gasteiger charge is 2.19. The summed E-state index contributed by atoms with van der Waals surface area (Å²) in [6.45, 7) is 6.68. The molecule has 0 radical (unpaired) electrons. The first-order chi connectivity index (χ1) is 34.0. The Morgan fingerprint density at radius 1 is 0.275 bits per heavy atom. The first-order valence-corrected chi connectivity index (χ1v) is 30.8. The molecule has 0 rings (SSSR count). The summed E-state index contributed by atoms with van der Waals surface area (Å²) in [6, 6.07) is 0. The molecule has 0 aromatic rings. The van der Waals surface area contributed by atoms with E-state index in [1.807, 2.05) is 0 Å². The normalized spacial score (nSPS) is 12.1. The lowest BCUT2D eigenvalue weighted by atomic mass is 10.0. The maximum atomic E-state index is 12.9. The molecule has 0 heterocycles. The standard InChI is InChI=1S/C63H118O6/c1-4-7-10-13-16-19-22-25-28-30-31-33-35-38-41-44-47-50-53-56-62(65)68-59-60(58-67-61(64)55-52-49-46-43-40-37-34-27-24-21-18-15-12-9-6-3)69-63(66)57-54-51-48-45-42-39-36-32-29-26-23-20-17-14-11-8-5-2/h26-27,29,34,60H,4-25,28,30-33,35-59H2,1-3H3/b29-26-,34-27-. The second-order valence-electron chi connectivity index (χ2n) is 21.0. The van der Waals surface area contributed by atoms with Crippen LogP contribution < -0.4 is 0 Å². The fourth-order valence-electron chi connectivity index (χ4n) is 9.26. The van der Waals surface area contributed by atoms with Crippen molar-refractivity contribution in [1.29, 1.82) is 0 Å². The molecule has 0 aromatic carbocycles. The molecular weight excluding hydrogens is 853 g/mol. The molecule has 0 spiro atoms. The van der Waals surface area contributed by atoms with Crippen molar-refractivity contribution in [2.45, 2.75) is 348 Å². The molecule has 0 aliphatic carbocycles. The van der Waals surface area contributed by atoms with Gasteiger partial charge in [0.15, 0.2) is 6.10 Å². The lowest BCUT2D eigenvalue weighted by Gasteiger charge is -2.18. The van der Waals surface area contributed by atoms with Crippen LogP contribution in [0.4, 0.5) is 0 Å². The molecule has 0 bridgehead atoms. The highest BCUT2D eigenvalue weighted by atomic mass is 16.6. The van der Waals surface area contributed by atoms with Crippen LogP contribution in [0.3, 0.4) is 0 Å². The van der Waals surface area contributed by atoms with Crippen LogP contribution in [0.1, 0.15) is 342 Å². The largest absolute Gasteiger partial charge is 0.462 e. The third kappa shape index (κ3) is 56.7. The molecule has 1 atom stereocenters. The fraction of sp³-hybridized carbons (Fsp3) is 0.889. The molecule has 0 amide bonds. The number of unbranched alkanes of at least 4 members (excludes halogenated alkanes) is 42. The van der Waals surface area contributed by atoms with Crippen molar-refractivity contribution in [2.24, 2.45) is 0 Å². The Bertz CT molecular complexity index is 1110. The van der Waals surface area contributed by atoms with Gasteiger partial charge >= 0.3 is 17.9 Å². The minimum absolute atomic E-state index is 0.0708. The molecule has 0 aromatic heterocycles. The average Bonchev–Trinajstić information content (AvgIpc) is 3.35. The zero-order valence-corrected chi connectivity index (χ0v) is 46.6. The topological polar surface area (TPSA) is 78.9 Å². The highest BCUT2D eigenvalue weighted by Crippen LogP contribution is 2.17. The average molecular weight is 972 g/mol. The summed E-state index contributed by atoms with van der Waals surface area (Å²) >= 11 is 0. The third-order valence-electron chi connectivity index (χ3n) is 13.9. The van der Waals surface area contributed by atoms with E-state index in [2.05, 4.69) is 45.1 Å². The number of rotatable bonds is 57. The van der Waals surface area contributed by atoms with E-state index in [1.165, 1.54) is 238 Å². The zero-order valence-electron chi connectivity index (χ0n) is 46.6. The van der Waals surface area contributed by atoms with Crippen LogP contribution in [0.5, 0.6) is 0 Å². The van der Waals surface area contributed by atoms with Gasteiger partial charge in [0, 0.05) is 19.3 Å². The molecule has 69 heavy (non-hydrogen) atoms. The van der Waals surface area contributed by atoms with Gasteiger partial charge in [-0.3, -0.25) is 14.4 Å². The molecule has 0 saturated heterocycles. The lowest BCUT2D eigenvalue weighted by Crippen LogP contribution is -2.30. The number of carbonyl (C=O) groups excluding carboxylic acids is 3. The maximum absolute atomic E-state index is 12.9. The zero-order chi connectivity index (χ0) is 50.0. The fourth-order valence-corrected chi connectivity index (χ4v) is 9.26. The van der Waals surface area contributed by atoms with Crippen LogP contribution in [0, 0.1) is 0 Å². The Morgan fingerprint density at radius 2 is 0.478 bits per heavy atom. The van der Waals surface area contributed by atoms with Crippen molar-refractivity contribution >= 4 is 17.9 Å². The summed E-state index contributed by atoms with van der Waals surface area (Å²) in [5.74, 6) is -0.860. The Kier molecular flexibility index (Phi) is 56.7. The molecule has 6 heteroatoms. The van der Waals surface area contributed by atoms with Gasteiger partial charge in [0.25, 0.3) is 0 Å². The van der Waals surface area contributed by atoms with Gasteiger partial charge in [-0.2, -0.15) is 0 Å². The molecule has 1 unspecified atom stereocenters. The molecule has 0 N–H and O–H groups in total. The van der Waals surface area contributed by atoms with Gasteiger partial charge < -0.3 is 14.2 Å². The smallest absolute Gasteiger partial charge is 0.306 e. The summed E-state index contributed by atoms with van der Waals surface area (Å²) in [5, 5.41) is 0. The van der Waals surface area contributed by atoms with Crippen LogP contribution in [0.25, 0.3) is 0 Å². The van der Waals surface area contributed by atoms with E-state index >= 15 is 0 Å². The van der Waals surface area contributed by atoms with E-state index in [-0.39, 0.29) is 31.1 Å². The van der Waals surface area contributed by atoms with Crippen LogP contribution in [-0.2, 0) is 28.6 Å². The van der Waals surface area contributed by atoms with E-state index in [9.17, 15) is 14.4 Å². The first-order valence-electron chi connectivity index (χ1n) is 30.8. The van der Waals surface area contributed by atoms with E-state index in [0.717, 1.165) is 64.2 Å². The summed E-state index contributed by atoms with van der Waals surface area (Å²) in [5.41, 5.74) is 0. The molecule has 0 aliphatic rings. The van der Waals surface area contributed by atoms with Crippen LogP contribution in [0.15, 0.2) is 24.3 Å². The van der Waals surface area contributed by atoms with Crippen molar-refractivity contribution in [3.05, 3.63) is 24.3 Å². The van der Waals surface area contributed by atoms with Crippen LogP contribution in [-0.4, -0.2) is 37.2 Å². The van der Waals surface area contributed by atoms with E-state index in [4.69, 9.17) is 14.2 Å². The predicted octanol–water partition coefficient (Wildman–Crippen LogP) is 20.7. The molecule has 6 nitrogen and oxygen atoms in total. The quantitative estimate of drug-likeness (QED) is 0.0261. The molecule has 0 saturated carbocycles. The second kappa shape index (κ2) is 58.5. The lowest BCUT2D eigenvalue weighted by molar-refractivity contribution is -0.167. The van der Waals surface area contributed by atoms with Crippen molar-refractivity contribution < 1.29 is 28.6 Å². The van der Waals surface area contributed by atoms with Gasteiger partial charge in [-0.25, -0.2) is 0 Å². The molecule has 406 valence electrons. The van der Waals surface area contributed by atoms with E-state index in [0.29, 0.717) is 19.3 Å². The maximum Gasteiger partial charge on any atom is 0.306 e. The number of allylic oxidation sites excluding steroid dienone is 4. The minimum atomic E-state index is -0.774. The van der Waals surface area contributed by atoms with Gasteiger partial charge in [0.2, 0.25) is 0 Å². The number of hydrogen-bond donors (Lipinski definition) is 0. The second-order valence-corrected chi connectivity index (χ2v) is 21.0. The van der Waals surface area contributed by atoms with E-state index in [1.54, 1.807) is 0 Å². The number of esters is 3. The van der Waals surface area contributed by atoms with Crippen molar-refractivity contribution in [3.63, 3.8) is 0 Å².